The summed E-state index contributed by atoms with van der Waals surface area (Å²) in [4.78, 5) is 20.3. The third-order valence-corrected chi connectivity index (χ3v) is 11.2. The van der Waals surface area contributed by atoms with Crippen LogP contribution in [0, 0.1) is 0 Å². The molecule has 0 aromatic heterocycles. The van der Waals surface area contributed by atoms with Crippen molar-refractivity contribution in [2.24, 2.45) is 0 Å². The third-order valence-electron chi connectivity index (χ3n) is 2.93. The number of rotatable bonds is 8. The smallest absolute Gasteiger partial charge is 0.316 e. The van der Waals surface area contributed by atoms with Crippen molar-refractivity contribution in [1.29, 1.82) is 0 Å². The van der Waals surface area contributed by atoms with Gasteiger partial charge in [-0.15, -0.1) is 0 Å². The first-order valence-electron chi connectivity index (χ1n) is 6.08. The summed E-state index contributed by atoms with van der Waals surface area (Å²) < 4.78 is 24.5. The molecule has 10 heteroatoms. The van der Waals surface area contributed by atoms with Crippen LogP contribution in [-0.2, 0) is 9.13 Å². The monoisotopic (exact) mass is 354 g/mol. The molecule has 0 amide bonds. The maximum Gasteiger partial charge on any atom is 0.316 e. The van der Waals surface area contributed by atoms with E-state index in [0.29, 0.717) is 0 Å². The van der Waals surface area contributed by atoms with E-state index in [4.69, 9.17) is 23.2 Å². The van der Waals surface area contributed by atoms with Gasteiger partial charge in [0.15, 0.2) is 0 Å². The average Bonchev–Trinajstić information content (AvgIpc) is 2.30. The summed E-state index contributed by atoms with van der Waals surface area (Å²) in [6.07, 6.45) is 0. The van der Waals surface area contributed by atoms with E-state index in [2.05, 4.69) is 0 Å². The van der Waals surface area contributed by atoms with Crippen molar-refractivity contribution in [3.63, 3.8) is 0 Å². The molecule has 2 N–H and O–H groups in total. The minimum absolute atomic E-state index is 0.198. The average molecular weight is 355 g/mol. The summed E-state index contributed by atoms with van der Waals surface area (Å²) in [7, 11) is -8.80. The minimum atomic E-state index is -4.40. The van der Waals surface area contributed by atoms with Gasteiger partial charge in [0.05, 0.1) is 0 Å². The van der Waals surface area contributed by atoms with Gasteiger partial charge in [0.2, 0.25) is 0 Å². The number of alkyl halides is 2. The van der Waals surface area contributed by atoms with Crippen LogP contribution >= 0.6 is 38.2 Å². The Bertz CT molecular complexity index is 352. The van der Waals surface area contributed by atoms with Crippen LogP contribution in [0.25, 0.3) is 0 Å². The molecule has 116 valence electrons. The number of hydrogen-bond acceptors (Lipinski definition) is 2. The van der Waals surface area contributed by atoms with Crippen LogP contribution in [0.5, 0.6) is 0 Å². The predicted molar refractivity (Wildman–Crippen MR) is 79.9 cm³/mol. The molecule has 19 heavy (non-hydrogen) atoms. The Labute approximate surface area is 124 Å². The molecular formula is C9H22Cl2N2O4P2. The second-order valence-electron chi connectivity index (χ2n) is 3.88. The Morgan fingerprint density at radius 1 is 0.842 bits per heavy atom. The molecule has 0 spiro atoms. The van der Waals surface area contributed by atoms with Crippen LogP contribution in [0.4, 0.5) is 0 Å². The van der Waals surface area contributed by atoms with Gasteiger partial charge in [-0.05, 0) is 0 Å². The van der Waals surface area contributed by atoms with Gasteiger partial charge in [-0.1, -0.05) is 50.9 Å². The summed E-state index contributed by atoms with van der Waals surface area (Å²) >= 11 is 11.8. The van der Waals surface area contributed by atoms with Crippen molar-refractivity contribution in [3.8, 4) is 0 Å². The quantitative estimate of drug-likeness (QED) is 0.514. The zero-order valence-electron chi connectivity index (χ0n) is 11.6. The van der Waals surface area contributed by atoms with Crippen LogP contribution in [0.1, 0.15) is 27.7 Å². The van der Waals surface area contributed by atoms with E-state index in [9.17, 15) is 18.9 Å². The van der Waals surface area contributed by atoms with Crippen molar-refractivity contribution in [2.75, 3.05) is 26.2 Å². The van der Waals surface area contributed by atoms with Crippen molar-refractivity contribution >= 4 is 38.2 Å². The highest BCUT2D eigenvalue weighted by molar-refractivity contribution is 7.81. The van der Waals surface area contributed by atoms with Crippen LogP contribution in [0.15, 0.2) is 0 Å². The van der Waals surface area contributed by atoms with Crippen molar-refractivity contribution in [3.05, 3.63) is 0 Å². The van der Waals surface area contributed by atoms with Crippen LogP contribution in [-0.4, -0.2) is 49.1 Å². The van der Waals surface area contributed by atoms with Gasteiger partial charge in [0, 0.05) is 26.2 Å². The largest absolute Gasteiger partial charge is 0.331 e. The van der Waals surface area contributed by atoms with Gasteiger partial charge in [0.1, 0.15) is 0 Å². The molecule has 0 aromatic rings. The normalized spacial score (nSPS) is 19.5. The number of nitrogens with zero attached hydrogens (tertiary/aromatic N) is 2. The Morgan fingerprint density at radius 2 is 1.05 bits per heavy atom. The standard InChI is InChI=1S/C9H22Cl2N2O4P2/c1-5-12(6-2)18(14,15)9(10,11)19(16,17)13(7-3)8-4/h5-8H2,1-4H3,(H,14,15)(H,16,17). The second kappa shape index (κ2) is 7.24. The molecule has 0 rings (SSSR count). The summed E-state index contributed by atoms with van der Waals surface area (Å²) in [5.41, 5.74) is 0. The van der Waals surface area contributed by atoms with Gasteiger partial charge < -0.3 is 9.79 Å². The van der Waals surface area contributed by atoms with Gasteiger partial charge in [-0.25, -0.2) is 9.34 Å². The second-order valence-corrected chi connectivity index (χ2v) is 11.3. The van der Waals surface area contributed by atoms with E-state index in [1.54, 1.807) is 27.7 Å². The zero-order valence-corrected chi connectivity index (χ0v) is 14.9. The molecule has 0 heterocycles. The molecule has 0 aliphatic heterocycles. The molecule has 2 atom stereocenters. The lowest BCUT2D eigenvalue weighted by molar-refractivity contribution is 0.341. The maximum atomic E-state index is 12.4. The molecule has 6 nitrogen and oxygen atoms in total. The lowest BCUT2D eigenvalue weighted by Crippen LogP contribution is -2.34. The van der Waals surface area contributed by atoms with Gasteiger partial charge in [-0.3, -0.25) is 9.13 Å². The van der Waals surface area contributed by atoms with Crippen LogP contribution in [0.2, 0.25) is 0 Å². The minimum Gasteiger partial charge on any atom is -0.331 e. The predicted octanol–water partition coefficient (Wildman–Crippen LogP) is 3.13. The first kappa shape index (κ1) is 19.9. The summed E-state index contributed by atoms with van der Waals surface area (Å²) in [6.45, 7) is 7.39. The first-order valence-corrected chi connectivity index (χ1v) is 10.1. The summed E-state index contributed by atoms with van der Waals surface area (Å²) in [6, 6.07) is 0. The van der Waals surface area contributed by atoms with E-state index in [1.807, 2.05) is 0 Å². The van der Waals surface area contributed by atoms with Crippen molar-refractivity contribution < 1.29 is 18.9 Å². The van der Waals surface area contributed by atoms with E-state index in [0.717, 1.165) is 9.34 Å². The fourth-order valence-electron chi connectivity index (χ4n) is 1.72. The molecule has 0 radical (unpaired) electrons. The maximum absolute atomic E-state index is 12.4. The lowest BCUT2D eigenvalue weighted by Gasteiger charge is -2.39. The van der Waals surface area contributed by atoms with E-state index >= 15 is 0 Å². The number of halogens is 2. The van der Waals surface area contributed by atoms with Gasteiger partial charge >= 0.3 is 15.0 Å². The Morgan fingerprint density at radius 3 is 1.21 bits per heavy atom. The topological polar surface area (TPSA) is 81.1 Å². The zero-order chi connectivity index (χ0) is 15.5. The fraction of sp³-hybridized carbons (Fsp3) is 1.00. The van der Waals surface area contributed by atoms with Crippen LogP contribution in [0.3, 0.4) is 0 Å². The summed E-state index contributed by atoms with van der Waals surface area (Å²) in [5, 5.41) is 0. The molecule has 2 unspecified atom stereocenters. The van der Waals surface area contributed by atoms with Crippen LogP contribution < -0.4 is 0 Å². The van der Waals surface area contributed by atoms with Crippen molar-refractivity contribution in [1.82, 2.24) is 9.34 Å². The lowest BCUT2D eigenvalue weighted by atomic mass is 10.7. The highest BCUT2D eigenvalue weighted by Crippen LogP contribution is 2.79. The molecule has 0 aliphatic rings. The summed E-state index contributed by atoms with van der Waals surface area (Å²) in [5.74, 6) is 0. The van der Waals surface area contributed by atoms with Gasteiger partial charge in [0.25, 0.3) is 3.82 Å². The van der Waals surface area contributed by atoms with E-state index in [-0.39, 0.29) is 26.2 Å². The highest BCUT2D eigenvalue weighted by atomic mass is 35.5. The number of hydrogen-bond donors (Lipinski definition) is 2. The Hall–Kier alpha value is 0.880. The van der Waals surface area contributed by atoms with E-state index in [1.165, 1.54) is 0 Å². The van der Waals surface area contributed by atoms with Crippen molar-refractivity contribution in [2.45, 2.75) is 31.5 Å². The fourth-order valence-corrected chi connectivity index (χ4v) is 7.34. The third kappa shape index (κ3) is 3.56. The van der Waals surface area contributed by atoms with Gasteiger partial charge in [-0.2, -0.15) is 0 Å². The SMILES string of the molecule is CCN(CC)P(=O)(O)C(Cl)(Cl)P(=O)(O)N(CC)CC. The van der Waals surface area contributed by atoms with E-state index < -0.39 is 18.9 Å². The molecule has 0 saturated heterocycles. The molecule has 0 aromatic carbocycles. The Kier molecular flexibility index (Phi) is 7.57. The molecule has 0 saturated carbocycles. The molecule has 0 fully saturated rings. The first-order chi connectivity index (χ1) is 8.54. The Balaban J connectivity index is 5.70. The molecule has 0 aliphatic carbocycles. The molecule has 0 bridgehead atoms. The highest BCUT2D eigenvalue weighted by Gasteiger charge is 2.62. The molecular weight excluding hydrogens is 333 g/mol.